The summed E-state index contributed by atoms with van der Waals surface area (Å²) < 4.78 is 0. The molecule has 0 saturated carbocycles. The van der Waals surface area contributed by atoms with E-state index in [0.29, 0.717) is 5.75 Å². The molecule has 0 radical (unpaired) electrons. The van der Waals surface area contributed by atoms with Crippen LogP contribution in [0.4, 0.5) is 0 Å². The molecule has 2 heteroatoms. The van der Waals surface area contributed by atoms with E-state index in [4.69, 9.17) is 5.73 Å². The number of nitrogens with two attached hydrogens (primary N) is 1. The van der Waals surface area contributed by atoms with E-state index in [-0.39, 0.29) is 0 Å². The summed E-state index contributed by atoms with van der Waals surface area (Å²) in [4.78, 5) is 0. The highest BCUT2D eigenvalue weighted by atomic mass is 16.3. The minimum absolute atomic E-state index is 0.300. The molecule has 1 rings (SSSR count). The third kappa shape index (κ3) is 2.07. The second kappa shape index (κ2) is 4.01. The summed E-state index contributed by atoms with van der Waals surface area (Å²) >= 11 is 0. The number of hydrogen-bond donors (Lipinski definition) is 2. The largest absolute Gasteiger partial charge is 0.508 e. The molecule has 78 valence electrons. The van der Waals surface area contributed by atoms with Gasteiger partial charge in [-0.1, -0.05) is 26.0 Å². The van der Waals surface area contributed by atoms with Gasteiger partial charge in [0.15, 0.2) is 0 Å². The second-order valence-electron chi connectivity index (χ2n) is 3.98. The van der Waals surface area contributed by atoms with E-state index in [9.17, 15) is 5.11 Å². The van der Waals surface area contributed by atoms with E-state index < -0.39 is 5.54 Å². The smallest absolute Gasteiger partial charge is 0.120 e. The molecule has 0 aliphatic carbocycles. The third-order valence-corrected chi connectivity index (χ3v) is 2.82. The SMILES string of the molecule is CCc1ccc(O)c(C(C)(N)CC)c1. The first-order valence-electron chi connectivity index (χ1n) is 5.12. The average Bonchev–Trinajstić information content (AvgIpc) is 2.18. The zero-order chi connectivity index (χ0) is 10.8. The zero-order valence-corrected chi connectivity index (χ0v) is 9.17. The molecule has 14 heavy (non-hydrogen) atoms. The molecule has 0 heterocycles. The normalized spacial score (nSPS) is 15.1. The van der Waals surface area contributed by atoms with Crippen LogP contribution >= 0.6 is 0 Å². The minimum Gasteiger partial charge on any atom is -0.508 e. The van der Waals surface area contributed by atoms with E-state index in [2.05, 4.69) is 6.92 Å². The van der Waals surface area contributed by atoms with Crippen LogP contribution in [-0.4, -0.2) is 5.11 Å². The highest BCUT2D eigenvalue weighted by Crippen LogP contribution is 2.30. The first kappa shape index (κ1) is 11.1. The van der Waals surface area contributed by atoms with Crippen molar-refractivity contribution in [1.29, 1.82) is 0 Å². The van der Waals surface area contributed by atoms with Crippen molar-refractivity contribution in [3.63, 3.8) is 0 Å². The number of benzene rings is 1. The summed E-state index contributed by atoms with van der Waals surface area (Å²) in [5.74, 6) is 0.300. The number of hydrogen-bond acceptors (Lipinski definition) is 2. The molecule has 3 N–H and O–H groups in total. The standard InChI is InChI=1S/C12H19NO/c1-4-9-6-7-11(14)10(8-9)12(3,13)5-2/h6-8,14H,4-5,13H2,1-3H3. The fourth-order valence-electron chi connectivity index (χ4n) is 1.45. The van der Waals surface area contributed by atoms with Gasteiger partial charge in [0.1, 0.15) is 5.75 Å². The van der Waals surface area contributed by atoms with Gasteiger partial charge in [0, 0.05) is 11.1 Å². The van der Waals surface area contributed by atoms with Gasteiger partial charge in [0.2, 0.25) is 0 Å². The highest BCUT2D eigenvalue weighted by Gasteiger charge is 2.22. The molecule has 0 saturated heterocycles. The van der Waals surface area contributed by atoms with Gasteiger partial charge in [0.05, 0.1) is 0 Å². The molecule has 0 amide bonds. The lowest BCUT2D eigenvalue weighted by molar-refractivity contribution is 0.416. The Balaban J connectivity index is 3.18. The van der Waals surface area contributed by atoms with Crippen molar-refractivity contribution < 1.29 is 5.11 Å². The molecule has 1 atom stereocenters. The van der Waals surface area contributed by atoms with Crippen LogP contribution in [-0.2, 0) is 12.0 Å². The lowest BCUT2D eigenvalue weighted by Gasteiger charge is -2.24. The van der Waals surface area contributed by atoms with Crippen molar-refractivity contribution in [3.05, 3.63) is 29.3 Å². The molecule has 1 unspecified atom stereocenters. The molecule has 0 spiro atoms. The molecular weight excluding hydrogens is 174 g/mol. The number of rotatable bonds is 3. The van der Waals surface area contributed by atoms with Gasteiger partial charge in [-0.2, -0.15) is 0 Å². The van der Waals surface area contributed by atoms with Crippen molar-refractivity contribution in [2.45, 2.75) is 39.2 Å². The maximum Gasteiger partial charge on any atom is 0.120 e. The van der Waals surface area contributed by atoms with Crippen LogP contribution in [0.25, 0.3) is 0 Å². The van der Waals surface area contributed by atoms with Crippen molar-refractivity contribution in [2.75, 3.05) is 0 Å². The lowest BCUT2D eigenvalue weighted by Crippen LogP contribution is -2.32. The van der Waals surface area contributed by atoms with E-state index in [1.807, 2.05) is 26.0 Å². The van der Waals surface area contributed by atoms with Gasteiger partial charge in [-0.15, -0.1) is 0 Å². The zero-order valence-electron chi connectivity index (χ0n) is 9.17. The molecule has 1 aromatic carbocycles. The van der Waals surface area contributed by atoms with E-state index in [0.717, 1.165) is 18.4 Å². The summed E-state index contributed by atoms with van der Waals surface area (Å²) in [6.07, 6.45) is 1.78. The fraction of sp³-hybridized carbons (Fsp3) is 0.500. The van der Waals surface area contributed by atoms with Gasteiger partial charge in [0.25, 0.3) is 0 Å². The Morgan fingerprint density at radius 2 is 2.00 bits per heavy atom. The van der Waals surface area contributed by atoms with Crippen LogP contribution < -0.4 is 5.73 Å². The summed E-state index contributed by atoms with van der Waals surface area (Å²) in [5.41, 5.74) is 7.72. The topological polar surface area (TPSA) is 46.2 Å². The van der Waals surface area contributed by atoms with Gasteiger partial charge in [-0.25, -0.2) is 0 Å². The third-order valence-electron chi connectivity index (χ3n) is 2.82. The second-order valence-corrected chi connectivity index (χ2v) is 3.98. The maximum atomic E-state index is 9.72. The van der Waals surface area contributed by atoms with Crippen LogP contribution in [0, 0.1) is 0 Å². The summed E-state index contributed by atoms with van der Waals surface area (Å²) in [6, 6.07) is 5.67. The molecule has 0 aliphatic rings. The van der Waals surface area contributed by atoms with Gasteiger partial charge < -0.3 is 10.8 Å². The number of phenols is 1. The predicted octanol–water partition coefficient (Wildman–Crippen LogP) is 2.54. The monoisotopic (exact) mass is 193 g/mol. The Morgan fingerprint density at radius 3 is 2.50 bits per heavy atom. The average molecular weight is 193 g/mol. The molecule has 2 nitrogen and oxygen atoms in total. The predicted molar refractivity (Wildman–Crippen MR) is 59.3 cm³/mol. The van der Waals surface area contributed by atoms with Crippen LogP contribution in [0.3, 0.4) is 0 Å². The van der Waals surface area contributed by atoms with E-state index in [1.54, 1.807) is 6.07 Å². The van der Waals surface area contributed by atoms with Crippen LogP contribution in [0.15, 0.2) is 18.2 Å². The Morgan fingerprint density at radius 1 is 1.36 bits per heavy atom. The first-order valence-corrected chi connectivity index (χ1v) is 5.12. The summed E-state index contributed by atoms with van der Waals surface area (Å²) in [6.45, 7) is 6.06. The van der Waals surface area contributed by atoms with E-state index in [1.165, 1.54) is 5.56 Å². The van der Waals surface area contributed by atoms with Crippen molar-refractivity contribution >= 4 is 0 Å². The van der Waals surface area contributed by atoms with Gasteiger partial charge in [-0.3, -0.25) is 0 Å². The fourth-order valence-corrected chi connectivity index (χ4v) is 1.45. The molecular formula is C12H19NO. The Labute approximate surface area is 85.8 Å². The first-order chi connectivity index (χ1) is 6.51. The minimum atomic E-state index is -0.435. The number of aryl methyl sites for hydroxylation is 1. The number of aromatic hydroxyl groups is 1. The van der Waals surface area contributed by atoms with Crippen molar-refractivity contribution in [1.82, 2.24) is 0 Å². The Kier molecular flexibility index (Phi) is 3.17. The van der Waals surface area contributed by atoms with Crippen molar-refractivity contribution in [2.24, 2.45) is 5.73 Å². The van der Waals surface area contributed by atoms with Gasteiger partial charge in [-0.05, 0) is 31.4 Å². The molecule has 0 bridgehead atoms. The van der Waals surface area contributed by atoms with Crippen LogP contribution in [0.2, 0.25) is 0 Å². The summed E-state index contributed by atoms with van der Waals surface area (Å²) in [5, 5.41) is 9.72. The molecule has 0 aromatic heterocycles. The highest BCUT2D eigenvalue weighted by molar-refractivity contribution is 5.40. The summed E-state index contributed by atoms with van der Waals surface area (Å²) in [7, 11) is 0. The van der Waals surface area contributed by atoms with E-state index >= 15 is 0 Å². The number of phenolic OH excluding ortho intramolecular Hbond substituents is 1. The molecule has 0 fully saturated rings. The Hall–Kier alpha value is -1.02. The quantitative estimate of drug-likeness (QED) is 0.775. The van der Waals surface area contributed by atoms with Crippen LogP contribution in [0.5, 0.6) is 5.75 Å². The van der Waals surface area contributed by atoms with Crippen molar-refractivity contribution in [3.8, 4) is 5.75 Å². The Bertz CT molecular complexity index is 318. The maximum absolute atomic E-state index is 9.72. The van der Waals surface area contributed by atoms with Crippen LogP contribution in [0.1, 0.15) is 38.3 Å². The molecule has 0 aliphatic heterocycles. The van der Waals surface area contributed by atoms with Gasteiger partial charge >= 0.3 is 0 Å². The molecule has 1 aromatic rings. The lowest BCUT2D eigenvalue weighted by atomic mass is 9.88.